The first-order valence-corrected chi connectivity index (χ1v) is 7.03. The number of carbonyl (C=O) groups excluding carboxylic acids is 1. The van der Waals surface area contributed by atoms with Crippen LogP contribution < -0.4 is 4.90 Å². The van der Waals surface area contributed by atoms with Crippen molar-refractivity contribution in [2.75, 3.05) is 31.7 Å². The minimum absolute atomic E-state index is 0.0635. The van der Waals surface area contributed by atoms with Gasteiger partial charge in [-0.25, -0.2) is 4.79 Å². The number of hydrogen-bond donors (Lipinski definition) is 1. The largest absolute Gasteiger partial charge is 0.481 e. The second kappa shape index (κ2) is 5.37. The Morgan fingerprint density at radius 2 is 2.14 bits per heavy atom. The van der Waals surface area contributed by atoms with Crippen LogP contribution in [0.5, 0.6) is 0 Å². The summed E-state index contributed by atoms with van der Waals surface area (Å²) in [6, 6.07) is 7.10. The minimum atomic E-state index is -0.899. The van der Waals surface area contributed by atoms with Crippen molar-refractivity contribution in [3.63, 3.8) is 0 Å². The van der Waals surface area contributed by atoms with Crippen molar-refractivity contribution in [3.05, 3.63) is 29.8 Å². The van der Waals surface area contributed by atoms with Crippen molar-refractivity contribution in [3.8, 4) is 0 Å². The van der Waals surface area contributed by atoms with E-state index in [-0.39, 0.29) is 18.6 Å². The zero-order valence-corrected chi connectivity index (χ0v) is 11.9. The van der Waals surface area contributed by atoms with Crippen LogP contribution in [0.15, 0.2) is 24.3 Å². The molecule has 1 N–H and O–H groups in total. The van der Waals surface area contributed by atoms with Crippen LogP contribution in [-0.4, -0.2) is 54.9 Å². The number of anilines is 1. The quantitative estimate of drug-likeness (QED) is 0.896. The summed E-state index contributed by atoms with van der Waals surface area (Å²) < 4.78 is 5.31. The molecular formula is C15H18N2O4. The highest BCUT2D eigenvalue weighted by Crippen LogP contribution is 2.37. The van der Waals surface area contributed by atoms with E-state index in [1.165, 1.54) is 0 Å². The SMILES string of the molecule is CN(C(=O)N1CC(C(=O)O)c2ccccc21)C1CCOC1. The summed E-state index contributed by atoms with van der Waals surface area (Å²) in [7, 11) is 1.75. The molecule has 0 radical (unpaired) electrons. The topological polar surface area (TPSA) is 70.1 Å². The molecule has 0 spiro atoms. The number of carboxylic acids is 1. The van der Waals surface area contributed by atoms with Crippen LogP contribution in [0.2, 0.25) is 0 Å². The molecule has 1 aromatic rings. The van der Waals surface area contributed by atoms with E-state index < -0.39 is 11.9 Å². The van der Waals surface area contributed by atoms with Gasteiger partial charge in [0.25, 0.3) is 0 Å². The Morgan fingerprint density at radius 1 is 1.38 bits per heavy atom. The molecule has 1 fully saturated rings. The van der Waals surface area contributed by atoms with Crippen LogP contribution in [0, 0.1) is 0 Å². The smallest absolute Gasteiger partial charge is 0.324 e. The monoisotopic (exact) mass is 290 g/mol. The lowest BCUT2D eigenvalue weighted by molar-refractivity contribution is -0.138. The molecule has 1 saturated heterocycles. The molecule has 2 aliphatic heterocycles. The molecular weight excluding hydrogens is 272 g/mol. The van der Waals surface area contributed by atoms with Crippen LogP contribution in [-0.2, 0) is 9.53 Å². The van der Waals surface area contributed by atoms with Gasteiger partial charge in [0.2, 0.25) is 0 Å². The second-order valence-corrected chi connectivity index (χ2v) is 5.47. The van der Waals surface area contributed by atoms with Crippen molar-refractivity contribution in [2.45, 2.75) is 18.4 Å². The summed E-state index contributed by atoms with van der Waals surface area (Å²) in [6.45, 7) is 1.39. The molecule has 0 aliphatic carbocycles. The summed E-state index contributed by atoms with van der Waals surface area (Å²) in [5.41, 5.74) is 1.40. The lowest BCUT2D eigenvalue weighted by atomic mass is 10.0. The lowest BCUT2D eigenvalue weighted by Gasteiger charge is -2.29. The van der Waals surface area contributed by atoms with E-state index in [0.717, 1.165) is 6.42 Å². The Labute approximate surface area is 122 Å². The van der Waals surface area contributed by atoms with E-state index in [4.69, 9.17) is 4.74 Å². The van der Waals surface area contributed by atoms with Crippen molar-refractivity contribution >= 4 is 17.7 Å². The van der Waals surface area contributed by atoms with Gasteiger partial charge in [0.1, 0.15) is 5.92 Å². The standard InChI is InChI=1S/C15H18N2O4/c1-16(10-6-7-21-9-10)15(20)17-8-12(14(18)19)11-4-2-3-5-13(11)17/h2-5,10,12H,6-9H2,1H3,(H,18,19). The number of ether oxygens (including phenoxy) is 1. The fraction of sp³-hybridized carbons (Fsp3) is 0.467. The van der Waals surface area contributed by atoms with Crippen LogP contribution in [0.1, 0.15) is 17.9 Å². The number of carbonyl (C=O) groups is 2. The molecule has 2 aliphatic rings. The number of likely N-dealkylation sites (N-methyl/N-ethyl adjacent to an activating group) is 1. The van der Waals surface area contributed by atoms with Crippen molar-refractivity contribution < 1.29 is 19.4 Å². The summed E-state index contributed by atoms with van der Waals surface area (Å²) in [6.07, 6.45) is 0.820. The zero-order chi connectivity index (χ0) is 15.0. The number of nitrogens with zero attached hydrogens (tertiary/aromatic N) is 2. The molecule has 6 nitrogen and oxygen atoms in total. The Balaban J connectivity index is 1.86. The van der Waals surface area contributed by atoms with Gasteiger partial charge >= 0.3 is 12.0 Å². The third-order valence-corrected chi connectivity index (χ3v) is 4.25. The predicted molar refractivity (Wildman–Crippen MR) is 76.5 cm³/mol. The third kappa shape index (κ3) is 2.35. The lowest BCUT2D eigenvalue weighted by Crippen LogP contribution is -2.46. The number of urea groups is 1. The van der Waals surface area contributed by atoms with Gasteiger partial charge in [-0.3, -0.25) is 9.69 Å². The summed E-state index contributed by atoms with van der Waals surface area (Å²) in [5, 5.41) is 9.34. The number of amides is 2. The fourth-order valence-electron chi connectivity index (χ4n) is 2.97. The first-order chi connectivity index (χ1) is 10.1. The first kappa shape index (κ1) is 13.9. The Bertz CT molecular complexity index is 569. The Morgan fingerprint density at radius 3 is 2.81 bits per heavy atom. The van der Waals surface area contributed by atoms with Gasteiger partial charge < -0.3 is 14.7 Å². The van der Waals surface area contributed by atoms with Gasteiger partial charge in [0, 0.05) is 25.9 Å². The van der Waals surface area contributed by atoms with E-state index >= 15 is 0 Å². The number of aliphatic carboxylic acids is 1. The van der Waals surface area contributed by atoms with E-state index in [2.05, 4.69) is 0 Å². The van der Waals surface area contributed by atoms with Crippen molar-refractivity contribution in [2.24, 2.45) is 0 Å². The molecule has 3 rings (SSSR count). The highest BCUT2D eigenvalue weighted by molar-refractivity contribution is 5.98. The molecule has 112 valence electrons. The normalized spacial score (nSPS) is 24.0. The maximum Gasteiger partial charge on any atom is 0.324 e. The van der Waals surface area contributed by atoms with Crippen LogP contribution in [0.3, 0.4) is 0 Å². The van der Waals surface area contributed by atoms with Crippen molar-refractivity contribution in [1.82, 2.24) is 4.90 Å². The highest BCUT2D eigenvalue weighted by Gasteiger charge is 2.38. The molecule has 0 bridgehead atoms. The van der Waals surface area contributed by atoms with Gasteiger partial charge in [0.05, 0.1) is 12.6 Å². The average Bonchev–Trinajstić information content (AvgIpc) is 3.13. The van der Waals surface area contributed by atoms with Gasteiger partial charge in [-0.05, 0) is 18.1 Å². The van der Waals surface area contributed by atoms with E-state index in [1.807, 2.05) is 6.07 Å². The average molecular weight is 290 g/mol. The zero-order valence-electron chi connectivity index (χ0n) is 11.9. The van der Waals surface area contributed by atoms with Crippen LogP contribution in [0.4, 0.5) is 10.5 Å². The molecule has 1 aromatic carbocycles. The number of para-hydroxylation sites is 1. The summed E-state index contributed by atoms with van der Waals surface area (Å²) >= 11 is 0. The van der Waals surface area contributed by atoms with Gasteiger partial charge in [-0.15, -0.1) is 0 Å². The summed E-state index contributed by atoms with van der Waals surface area (Å²) in [5.74, 6) is -1.55. The van der Waals surface area contributed by atoms with Gasteiger partial charge in [0.15, 0.2) is 0 Å². The van der Waals surface area contributed by atoms with Crippen LogP contribution in [0.25, 0.3) is 0 Å². The molecule has 2 atom stereocenters. The maximum atomic E-state index is 12.7. The number of fused-ring (bicyclic) bond motifs is 1. The first-order valence-electron chi connectivity index (χ1n) is 7.03. The van der Waals surface area contributed by atoms with E-state index in [0.29, 0.717) is 24.5 Å². The van der Waals surface area contributed by atoms with Crippen LogP contribution >= 0.6 is 0 Å². The number of carboxylic acid groups (broad SMARTS) is 1. The second-order valence-electron chi connectivity index (χ2n) is 5.47. The third-order valence-electron chi connectivity index (χ3n) is 4.25. The summed E-state index contributed by atoms with van der Waals surface area (Å²) in [4.78, 5) is 27.3. The predicted octanol–water partition coefficient (Wildman–Crippen LogP) is 1.52. The molecule has 0 aromatic heterocycles. The molecule has 6 heteroatoms. The molecule has 2 heterocycles. The molecule has 0 saturated carbocycles. The van der Waals surface area contributed by atoms with Crippen molar-refractivity contribution in [1.29, 1.82) is 0 Å². The number of rotatable bonds is 2. The van der Waals surface area contributed by atoms with Gasteiger partial charge in [-0.2, -0.15) is 0 Å². The molecule has 2 amide bonds. The minimum Gasteiger partial charge on any atom is -0.481 e. The fourth-order valence-corrected chi connectivity index (χ4v) is 2.97. The number of benzene rings is 1. The highest BCUT2D eigenvalue weighted by atomic mass is 16.5. The maximum absolute atomic E-state index is 12.7. The number of hydrogen-bond acceptors (Lipinski definition) is 3. The van der Waals surface area contributed by atoms with E-state index in [9.17, 15) is 14.7 Å². The van der Waals surface area contributed by atoms with Gasteiger partial charge in [-0.1, -0.05) is 18.2 Å². The van der Waals surface area contributed by atoms with E-state index in [1.54, 1.807) is 35.0 Å². The molecule has 21 heavy (non-hydrogen) atoms. The molecule has 2 unspecified atom stereocenters. The Hall–Kier alpha value is -2.08. The Kier molecular flexibility index (Phi) is 3.55.